The summed E-state index contributed by atoms with van der Waals surface area (Å²) >= 11 is 1.68. The van der Waals surface area contributed by atoms with Gasteiger partial charge in [0.1, 0.15) is 0 Å². The molecule has 1 aliphatic carbocycles. The number of hydrogen-bond donors (Lipinski definition) is 2. The lowest BCUT2D eigenvalue weighted by atomic mass is 10.0. The summed E-state index contributed by atoms with van der Waals surface area (Å²) in [4.78, 5) is 1.13. The molecule has 1 aliphatic rings. The first-order valence-corrected chi connectivity index (χ1v) is 8.22. The molecule has 0 amide bonds. The molecular formula is C16H24O2S. The molecular weight excluding hydrogens is 256 g/mol. The topological polar surface area (TPSA) is 40.5 Å². The Labute approximate surface area is 120 Å². The van der Waals surface area contributed by atoms with Crippen LogP contribution >= 0.6 is 11.8 Å². The van der Waals surface area contributed by atoms with Crippen molar-refractivity contribution in [1.29, 1.82) is 0 Å². The van der Waals surface area contributed by atoms with Gasteiger partial charge in [-0.1, -0.05) is 37.8 Å². The van der Waals surface area contributed by atoms with Crippen molar-refractivity contribution in [2.45, 2.75) is 56.1 Å². The molecule has 106 valence electrons. The minimum atomic E-state index is -0.427. The van der Waals surface area contributed by atoms with Gasteiger partial charge in [0.05, 0.1) is 12.2 Å². The third kappa shape index (κ3) is 4.83. The molecule has 0 aromatic heterocycles. The Kier molecular flexibility index (Phi) is 5.74. The van der Waals surface area contributed by atoms with Crippen molar-refractivity contribution in [3.8, 4) is 0 Å². The van der Waals surface area contributed by atoms with Crippen LogP contribution in [0.15, 0.2) is 29.2 Å². The first-order chi connectivity index (χ1) is 9.15. The maximum Gasteiger partial charge on any atom is 0.0762 e. The Hall–Kier alpha value is -0.510. The van der Waals surface area contributed by atoms with Crippen LogP contribution < -0.4 is 0 Å². The predicted molar refractivity (Wildman–Crippen MR) is 80.4 cm³/mol. The highest BCUT2D eigenvalue weighted by Gasteiger charge is 2.18. The van der Waals surface area contributed by atoms with Crippen molar-refractivity contribution in [3.05, 3.63) is 29.8 Å². The molecule has 1 aromatic carbocycles. The molecule has 19 heavy (non-hydrogen) atoms. The van der Waals surface area contributed by atoms with E-state index in [9.17, 15) is 10.2 Å². The summed E-state index contributed by atoms with van der Waals surface area (Å²) in [5, 5.41) is 19.6. The van der Waals surface area contributed by atoms with Crippen LogP contribution in [-0.4, -0.2) is 22.1 Å². The second kappa shape index (κ2) is 7.32. The molecule has 0 aliphatic heterocycles. The average Bonchev–Trinajstić information content (AvgIpc) is 2.89. The van der Waals surface area contributed by atoms with Crippen LogP contribution in [0.3, 0.4) is 0 Å². The Balaban J connectivity index is 1.79. The van der Waals surface area contributed by atoms with Crippen LogP contribution in [0.5, 0.6) is 0 Å². The van der Waals surface area contributed by atoms with Crippen LogP contribution in [0.25, 0.3) is 0 Å². The summed E-state index contributed by atoms with van der Waals surface area (Å²) in [6.07, 6.45) is 5.57. The smallest absolute Gasteiger partial charge is 0.0762 e. The molecule has 2 atom stereocenters. The third-order valence-corrected chi connectivity index (χ3v) is 5.00. The zero-order chi connectivity index (χ0) is 13.7. The van der Waals surface area contributed by atoms with Gasteiger partial charge in [-0.2, -0.15) is 0 Å². The normalized spacial score (nSPS) is 19.5. The standard InChI is InChI=1S/C16H24O2S/c1-12(17)14-7-4-8-16(10-14)19-11-15(18)9-13-5-2-3-6-13/h4,7-8,10,12-13,15,17-18H,2-3,5-6,9,11H2,1H3. The first kappa shape index (κ1) is 14.9. The Morgan fingerprint density at radius 2 is 2.00 bits per heavy atom. The fraction of sp³-hybridized carbons (Fsp3) is 0.625. The number of benzene rings is 1. The minimum absolute atomic E-state index is 0.205. The van der Waals surface area contributed by atoms with Crippen molar-refractivity contribution in [2.75, 3.05) is 5.75 Å². The lowest BCUT2D eigenvalue weighted by molar-refractivity contribution is 0.166. The predicted octanol–water partition coefficient (Wildman–Crippen LogP) is 3.77. The zero-order valence-corrected chi connectivity index (χ0v) is 12.4. The van der Waals surface area contributed by atoms with E-state index in [-0.39, 0.29) is 6.10 Å². The van der Waals surface area contributed by atoms with E-state index in [1.807, 2.05) is 24.3 Å². The van der Waals surface area contributed by atoms with Gasteiger partial charge in [0.25, 0.3) is 0 Å². The summed E-state index contributed by atoms with van der Waals surface area (Å²) in [6.45, 7) is 1.78. The van der Waals surface area contributed by atoms with E-state index in [1.165, 1.54) is 25.7 Å². The lowest BCUT2D eigenvalue weighted by Gasteiger charge is -2.15. The van der Waals surface area contributed by atoms with Gasteiger partial charge in [-0.25, -0.2) is 0 Å². The molecule has 0 radical (unpaired) electrons. The molecule has 0 saturated heterocycles. The Bertz CT molecular complexity index is 386. The Morgan fingerprint density at radius 1 is 1.26 bits per heavy atom. The summed E-state index contributed by atoms with van der Waals surface area (Å²) in [7, 11) is 0. The minimum Gasteiger partial charge on any atom is -0.392 e. The summed E-state index contributed by atoms with van der Waals surface area (Å²) in [5.41, 5.74) is 0.940. The number of aliphatic hydroxyl groups is 2. The van der Waals surface area contributed by atoms with E-state index in [2.05, 4.69) is 0 Å². The fourth-order valence-electron chi connectivity index (χ4n) is 2.76. The van der Waals surface area contributed by atoms with Gasteiger partial charge < -0.3 is 10.2 Å². The van der Waals surface area contributed by atoms with Crippen LogP contribution in [0.1, 0.15) is 50.7 Å². The second-order valence-corrected chi connectivity index (χ2v) is 6.69. The van der Waals surface area contributed by atoms with Crippen molar-refractivity contribution in [2.24, 2.45) is 5.92 Å². The van der Waals surface area contributed by atoms with E-state index in [4.69, 9.17) is 0 Å². The molecule has 2 unspecified atom stereocenters. The van der Waals surface area contributed by atoms with Crippen molar-refractivity contribution >= 4 is 11.8 Å². The van der Waals surface area contributed by atoms with E-state index in [1.54, 1.807) is 18.7 Å². The maximum absolute atomic E-state index is 10.1. The first-order valence-electron chi connectivity index (χ1n) is 7.24. The molecule has 0 heterocycles. The van der Waals surface area contributed by atoms with Crippen molar-refractivity contribution in [3.63, 3.8) is 0 Å². The highest BCUT2D eigenvalue weighted by atomic mass is 32.2. The van der Waals surface area contributed by atoms with E-state index in [0.717, 1.165) is 28.6 Å². The molecule has 2 N–H and O–H groups in total. The van der Waals surface area contributed by atoms with Crippen LogP contribution in [0.2, 0.25) is 0 Å². The molecule has 1 aromatic rings. The molecule has 1 saturated carbocycles. The lowest BCUT2D eigenvalue weighted by Crippen LogP contribution is -2.14. The van der Waals surface area contributed by atoms with Crippen molar-refractivity contribution < 1.29 is 10.2 Å². The zero-order valence-electron chi connectivity index (χ0n) is 11.6. The maximum atomic E-state index is 10.1. The number of aliphatic hydroxyl groups excluding tert-OH is 2. The fourth-order valence-corrected chi connectivity index (χ4v) is 3.67. The van der Waals surface area contributed by atoms with Gasteiger partial charge in [-0.05, 0) is 37.0 Å². The largest absolute Gasteiger partial charge is 0.392 e. The van der Waals surface area contributed by atoms with Crippen molar-refractivity contribution in [1.82, 2.24) is 0 Å². The number of thioether (sulfide) groups is 1. The van der Waals surface area contributed by atoms with Gasteiger partial charge in [-0.3, -0.25) is 0 Å². The molecule has 0 bridgehead atoms. The van der Waals surface area contributed by atoms with Gasteiger partial charge in [0.15, 0.2) is 0 Å². The quantitative estimate of drug-likeness (QED) is 0.779. The number of hydrogen-bond acceptors (Lipinski definition) is 3. The highest BCUT2D eigenvalue weighted by Crippen LogP contribution is 2.30. The molecule has 0 spiro atoms. The third-order valence-electron chi connectivity index (χ3n) is 3.86. The average molecular weight is 280 g/mol. The van der Waals surface area contributed by atoms with Crippen LogP contribution in [0, 0.1) is 5.92 Å². The number of rotatable bonds is 6. The van der Waals surface area contributed by atoms with Gasteiger partial charge in [0, 0.05) is 10.6 Å². The molecule has 3 heteroatoms. The SMILES string of the molecule is CC(O)c1cccc(SCC(O)CC2CCCC2)c1. The second-order valence-electron chi connectivity index (χ2n) is 5.60. The van der Waals surface area contributed by atoms with E-state index in [0.29, 0.717) is 0 Å². The summed E-state index contributed by atoms with van der Waals surface area (Å²) < 4.78 is 0. The molecule has 2 rings (SSSR count). The van der Waals surface area contributed by atoms with Crippen LogP contribution in [-0.2, 0) is 0 Å². The van der Waals surface area contributed by atoms with Gasteiger partial charge in [0.2, 0.25) is 0 Å². The Morgan fingerprint density at radius 3 is 2.68 bits per heavy atom. The highest BCUT2D eigenvalue weighted by molar-refractivity contribution is 7.99. The monoisotopic (exact) mass is 280 g/mol. The van der Waals surface area contributed by atoms with Gasteiger partial charge in [-0.15, -0.1) is 11.8 Å². The summed E-state index contributed by atoms with van der Waals surface area (Å²) in [6, 6.07) is 7.95. The molecule has 2 nitrogen and oxygen atoms in total. The van der Waals surface area contributed by atoms with E-state index >= 15 is 0 Å². The van der Waals surface area contributed by atoms with Crippen LogP contribution in [0.4, 0.5) is 0 Å². The summed E-state index contributed by atoms with van der Waals surface area (Å²) in [5.74, 6) is 1.49. The van der Waals surface area contributed by atoms with Gasteiger partial charge >= 0.3 is 0 Å². The molecule has 1 fully saturated rings. The van der Waals surface area contributed by atoms with E-state index < -0.39 is 6.10 Å².